The van der Waals surface area contributed by atoms with E-state index in [4.69, 9.17) is 11.6 Å². The highest BCUT2D eigenvalue weighted by Crippen LogP contribution is 2.17. The van der Waals surface area contributed by atoms with Crippen LogP contribution >= 0.6 is 11.6 Å². The molecule has 106 valence electrons. The zero-order valence-corrected chi connectivity index (χ0v) is 12.5. The lowest BCUT2D eigenvalue weighted by molar-refractivity contribution is 0.476. The van der Waals surface area contributed by atoms with E-state index in [-0.39, 0.29) is 17.9 Å². The maximum atomic E-state index is 13.1. The first-order valence-electron chi connectivity index (χ1n) is 6.80. The summed E-state index contributed by atoms with van der Waals surface area (Å²) in [5.74, 6) is -0.180. The van der Waals surface area contributed by atoms with Crippen LogP contribution in [0.3, 0.4) is 0 Å². The van der Waals surface area contributed by atoms with E-state index in [1.807, 2.05) is 30.3 Å². The lowest BCUT2D eigenvalue weighted by Gasteiger charge is -2.20. The van der Waals surface area contributed by atoms with E-state index in [1.54, 1.807) is 12.1 Å². The molecule has 2 rings (SSSR count). The fourth-order valence-corrected chi connectivity index (χ4v) is 2.48. The van der Waals surface area contributed by atoms with E-state index < -0.39 is 0 Å². The first-order valence-corrected chi connectivity index (χ1v) is 7.18. The van der Waals surface area contributed by atoms with E-state index in [0.717, 1.165) is 17.0 Å². The van der Waals surface area contributed by atoms with Gasteiger partial charge in [-0.15, -0.1) is 0 Å². The summed E-state index contributed by atoms with van der Waals surface area (Å²) >= 11 is 5.89. The Labute approximate surface area is 124 Å². The van der Waals surface area contributed by atoms with Gasteiger partial charge in [0.25, 0.3) is 0 Å². The minimum Gasteiger partial charge on any atom is -0.307 e. The summed E-state index contributed by atoms with van der Waals surface area (Å²) in [5, 5.41) is 4.26. The van der Waals surface area contributed by atoms with Crippen molar-refractivity contribution in [2.24, 2.45) is 0 Å². The molecule has 0 saturated heterocycles. The fourth-order valence-electron chi connectivity index (χ4n) is 2.35. The fraction of sp³-hybridized carbons (Fsp3) is 0.294. The summed E-state index contributed by atoms with van der Waals surface area (Å²) in [6.07, 6.45) is 0.801. The monoisotopic (exact) mass is 291 g/mol. The molecule has 0 aliphatic heterocycles. The minimum absolute atomic E-state index is 0.180. The van der Waals surface area contributed by atoms with Crippen LogP contribution in [0.5, 0.6) is 0 Å². The van der Waals surface area contributed by atoms with E-state index >= 15 is 0 Å². The van der Waals surface area contributed by atoms with Crippen LogP contribution < -0.4 is 5.32 Å². The molecule has 0 spiro atoms. The number of benzene rings is 2. The summed E-state index contributed by atoms with van der Waals surface area (Å²) in [6, 6.07) is 15.1. The van der Waals surface area contributed by atoms with Crippen molar-refractivity contribution in [1.29, 1.82) is 0 Å². The van der Waals surface area contributed by atoms with Crippen molar-refractivity contribution in [3.63, 3.8) is 0 Å². The van der Waals surface area contributed by atoms with Gasteiger partial charge in [-0.25, -0.2) is 4.39 Å². The molecule has 0 heterocycles. The van der Waals surface area contributed by atoms with Gasteiger partial charge in [-0.1, -0.05) is 35.9 Å². The molecule has 0 amide bonds. The van der Waals surface area contributed by atoms with Gasteiger partial charge in [0.15, 0.2) is 0 Å². The molecule has 2 aromatic carbocycles. The van der Waals surface area contributed by atoms with Crippen molar-refractivity contribution in [3.05, 3.63) is 70.5 Å². The van der Waals surface area contributed by atoms with E-state index in [2.05, 4.69) is 19.2 Å². The summed E-state index contributed by atoms with van der Waals surface area (Å²) in [7, 11) is 0. The topological polar surface area (TPSA) is 12.0 Å². The van der Waals surface area contributed by atoms with Gasteiger partial charge in [0.05, 0.1) is 0 Å². The van der Waals surface area contributed by atoms with Crippen LogP contribution in [-0.2, 0) is 6.42 Å². The zero-order chi connectivity index (χ0) is 14.5. The first kappa shape index (κ1) is 15.0. The van der Waals surface area contributed by atoms with Crippen molar-refractivity contribution in [3.8, 4) is 0 Å². The Balaban J connectivity index is 1.93. The first-order chi connectivity index (χ1) is 9.54. The van der Waals surface area contributed by atoms with Gasteiger partial charge < -0.3 is 5.32 Å². The van der Waals surface area contributed by atoms with Crippen molar-refractivity contribution in [2.45, 2.75) is 32.4 Å². The summed E-state index contributed by atoms with van der Waals surface area (Å²) in [6.45, 7) is 4.22. The zero-order valence-electron chi connectivity index (χ0n) is 11.7. The molecule has 0 bridgehead atoms. The number of rotatable bonds is 5. The van der Waals surface area contributed by atoms with Crippen molar-refractivity contribution in [1.82, 2.24) is 5.32 Å². The molecule has 0 radical (unpaired) electrons. The SMILES string of the molecule is CC(Cc1cccc(F)c1)N[C@H](C)c1ccc(Cl)cc1. The van der Waals surface area contributed by atoms with Crippen molar-refractivity contribution < 1.29 is 4.39 Å². The molecule has 0 fully saturated rings. The third kappa shape index (κ3) is 4.32. The normalized spacial score (nSPS) is 14.0. The van der Waals surface area contributed by atoms with Crippen LogP contribution in [0.25, 0.3) is 0 Å². The largest absolute Gasteiger partial charge is 0.307 e. The summed E-state index contributed by atoms with van der Waals surface area (Å²) in [5.41, 5.74) is 2.20. The molecular formula is C17H19ClFN. The van der Waals surface area contributed by atoms with Gasteiger partial charge in [0, 0.05) is 17.1 Å². The number of nitrogens with one attached hydrogen (secondary N) is 1. The Morgan fingerprint density at radius 3 is 2.45 bits per heavy atom. The molecule has 2 aromatic rings. The minimum atomic E-state index is -0.180. The Hall–Kier alpha value is -1.38. The van der Waals surface area contributed by atoms with E-state index in [9.17, 15) is 4.39 Å². The Morgan fingerprint density at radius 2 is 1.80 bits per heavy atom. The highest BCUT2D eigenvalue weighted by Gasteiger charge is 2.10. The van der Waals surface area contributed by atoms with Crippen LogP contribution in [0.2, 0.25) is 5.02 Å². The Kier molecular flexibility index (Phi) is 5.16. The quantitative estimate of drug-likeness (QED) is 0.837. The molecule has 1 nitrogen and oxygen atoms in total. The average Bonchev–Trinajstić information content (AvgIpc) is 2.39. The average molecular weight is 292 g/mol. The van der Waals surface area contributed by atoms with Crippen LogP contribution in [0.1, 0.15) is 31.0 Å². The van der Waals surface area contributed by atoms with E-state index in [0.29, 0.717) is 0 Å². The molecule has 1 unspecified atom stereocenters. The van der Waals surface area contributed by atoms with E-state index in [1.165, 1.54) is 11.6 Å². The number of hydrogen-bond donors (Lipinski definition) is 1. The van der Waals surface area contributed by atoms with Crippen LogP contribution in [0.4, 0.5) is 4.39 Å². The predicted octanol–water partition coefficient (Wildman–Crippen LogP) is 4.76. The molecule has 20 heavy (non-hydrogen) atoms. The second kappa shape index (κ2) is 6.87. The van der Waals surface area contributed by atoms with Gasteiger partial charge in [-0.3, -0.25) is 0 Å². The smallest absolute Gasteiger partial charge is 0.123 e. The lowest BCUT2D eigenvalue weighted by Crippen LogP contribution is -2.30. The number of halogens is 2. The Morgan fingerprint density at radius 1 is 1.10 bits per heavy atom. The van der Waals surface area contributed by atoms with Gasteiger partial charge >= 0.3 is 0 Å². The highest BCUT2D eigenvalue weighted by molar-refractivity contribution is 6.30. The number of hydrogen-bond acceptors (Lipinski definition) is 1. The summed E-state index contributed by atoms with van der Waals surface area (Å²) in [4.78, 5) is 0. The van der Waals surface area contributed by atoms with Gasteiger partial charge in [-0.2, -0.15) is 0 Å². The lowest BCUT2D eigenvalue weighted by atomic mass is 10.0. The second-order valence-corrected chi connectivity index (χ2v) is 5.61. The molecule has 2 atom stereocenters. The molecular weight excluding hydrogens is 273 g/mol. The van der Waals surface area contributed by atoms with Crippen LogP contribution in [0.15, 0.2) is 48.5 Å². The van der Waals surface area contributed by atoms with Crippen molar-refractivity contribution >= 4 is 11.6 Å². The predicted molar refractivity (Wildman–Crippen MR) is 82.6 cm³/mol. The second-order valence-electron chi connectivity index (χ2n) is 5.17. The van der Waals surface area contributed by atoms with Gasteiger partial charge in [0.2, 0.25) is 0 Å². The standard InChI is InChI=1S/C17H19ClFN/c1-12(10-14-4-3-5-17(19)11-14)20-13(2)15-6-8-16(18)9-7-15/h3-9,11-13,20H,10H2,1-2H3/t12?,13-/m1/s1. The molecule has 3 heteroatoms. The third-order valence-corrected chi connectivity index (χ3v) is 3.59. The maximum absolute atomic E-state index is 13.1. The van der Waals surface area contributed by atoms with Gasteiger partial charge in [0.1, 0.15) is 5.82 Å². The highest BCUT2D eigenvalue weighted by atomic mass is 35.5. The van der Waals surface area contributed by atoms with Crippen LogP contribution in [-0.4, -0.2) is 6.04 Å². The Bertz CT molecular complexity index is 553. The molecule has 0 aromatic heterocycles. The van der Waals surface area contributed by atoms with Crippen LogP contribution in [0, 0.1) is 5.82 Å². The maximum Gasteiger partial charge on any atom is 0.123 e. The van der Waals surface area contributed by atoms with Gasteiger partial charge in [-0.05, 0) is 55.7 Å². The van der Waals surface area contributed by atoms with Crippen molar-refractivity contribution in [2.75, 3.05) is 0 Å². The molecule has 0 saturated carbocycles. The third-order valence-electron chi connectivity index (χ3n) is 3.34. The summed E-state index contributed by atoms with van der Waals surface area (Å²) < 4.78 is 13.1. The molecule has 0 aliphatic rings. The molecule has 0 aliphatic carbocycles. The molecule has 1 N–H and O–H groups in total.